The topological polar surface area (TPSA) is 92.6 Å². The summed E-state index contributed by atoms with van der Waals surface area (Å²) in [5.41, 5.74) is -0.268. The van der Waals surface area contributed by atoms with Gasteiger partial charge in [-0.3, -0.25) is 14.2 Å². The maximum Gasteiger partial charge on any atom is 0.261 e. The average molecular weight is 448 g/mol. The number of amides is 1. The second-order valence-electron chi connectivity index (χ2n) is 7.08. The van der Waals surface area contributed by atoms with Crippen LogP contribution in [0.4, 0.5) is 8.78 Å². The normalized spacial score (nSPS) is 15.4. The number of piperazine rings is 1. The number of nitrogens with zero attached hydrogens (tertiary/aromatic N) is 4. The van der Waals surface area contributed by atoms with Crippen molar-refractivity contribution in [2.24, 2.45) is 0 Å². The molecule has 0 N–H and O–H groups in total. The third kappa shape index (κ3) is 4.19. The van der Waals surface area contributed by atoms with Gasteiger partial charge in [0.15, 0.2) is 0 Å². The highest BCUT2D eigenvalue weighted by molar-refractivity contribution is 7.89. The zero-order chi connectivity index (χ0) is 22.2. The van der Waals surface area contributed by atoms with E-state index in [1.54, 1.807) is 0 Å². The third-order valence-corrected chi connectivity index (χ3v) is 7.01. The lowest BCUT2D eigenvalue weighted by Gasteiger charge is -2.34. The molecule has 0 aliphatic carbocycles. The Hall–Kier alpha value is -3.18. The van der Waals surface area contributed by atoms with Gasteiger partial charge in [0.2, 0.25) is 15.9 Å². The highest BCUT2D eigenvalue weighted by Crippen LogP contribution is 2.18. The van der Waals surface area contributed by atoms with Crippen molar-refractivity contribution in [1.29, 1.82) is 0 Å². The van der Waals surface area contributed by atoms with E-state index in [0.717, 1.165) is 28.8 Å². The number of carbonyl (C=O) groups excluding carboxylic acids is 1. The van der Waals surface area contributed by atoms with Crippen LogP contribution in [0, 0.1) is 11.6 Å². The van der Waals surface area contributed by atoms with Gasteiger partial charge in [0.25, 0.3) is 5.56 Å². The summed E-state index contributed by atoms with van der Waals surface area (Å²) in [4.78, 5) is 30.5. The fourth-order valence-corrected chi connectivity index (χ4v) is 4.90. The predicted molar refractivity (Wildman–Crippen MR) is 108 cm³/mol. The number of hydrogen-bond acceptors (Lipinski definition) is 5. The van der Waals surface area contributed by atoms with E-state index in [4.69, 9.17) is 0 Å². The molecule has 0 spiro atoms. The van der Waals surface area contributed by atoms with Crippen LogP contribution in [0.5, 0.6) is 0 Å². The molecule has 2 heterocycles. The number of halogens is 2. The second kappa shape index (κ2) is 8.16. The summed E-state index contributed by atoms with van der Waals surface area (Å²) < 4.78 is 54.4. The van der Waals surface area contributed by atoms with Gasteiger partial charge >= 0.3 is 0 Å². The fourth-order valence-electron chi connectivity index (χ4n) is 3.44. The molecule has 8 nitrogen and oxygen atoms in total. The summed E-state index contributed by atoms with van der Waals surface area (Å²) in [7, 11) is -3.87. The Morgan fingerprint density at radius 2 is 1.71 bits per heavy atom. The lowest BCUT2D eigenvalue weighted by atomic mass is 10.2. The van der Waals surface area contributed by atoms with Gasteiger partial charge in [-0.15, -0.1) is 0 Å². The molecule has 0 atom stereocenters. The van der Waals surface area contributed by atoms with Crippen LogP contribution in [0.15, 0.2) is 58.5 Å². The van der Waals surface area contributed by atoms with Crippen molar-refractivity contribution in [2.45, 2.75) is 11.4 Å². The molecule has 4 rings (SSSR count). The van der Waals surface area contributed by atoms with E-state index in [9.17, 15) is 26.8 Å². The van der Waals surface area contributed by atoms with Crippen molar-refractivity contribution in [1.82, 2.24) is 18.8 Å². The Balaban J connectivity index is 1.44. The van der Waals surface area contributed by atoms with Gasteiger partial charge < -0.3 is 4.90 Å². The zero-order valence-corrected chi connectivity index (χ0v) is 17.1. The molecule has 1 fully saturated rings. The maximum absolute atomic E-state index is 13.4. The molecule has 0 saturated carbocycles. The molecule has 0 bridgehead atoms. The van der Waals surface area contributed by atoms with Crippen molar-refractivity contribution in [3.63, 3.8) is 0 Å². The highest BCUT2D eigenvalue weighted by atomic mass is 32.2. The van der Waals surface area contributed by atoms with E-state index in [2.05, 4.69) is 4.98 Å². The van der Waals surface area contributed by atoms with Gasteiger partial charge in [-0.25, -0.2) is 22.2 Å². The van der Waals surface area contributed by atoms with E-state index < -0.39 is 27.2 Å². The minimum atomic E-state index is -3.87. The number of aromatic nitrogens is 2. The number of hydrogen-bond donors (Lipinski definition) is 0. The molecule has 1 amide bonds. The highest BCUT2D eigenvalue weighted by Gasteiger charge is 2.30. The average Bonchev–Trinajstić information content (AvgIpc) is 2.75. The van der Waals surface area contributed by atoms with Gasteiger partial charge in [-0.1, -0.05) is 6.07 Å². The van der Waals surface area contributed by atoms with Gasteiger partial charge in [0.05, 0.1) is 22.1 Å². The molecule has 1 aliphatic heterocycles. The van der Waals surface area contributed by atoms with Crippen molar-refractivity contribution in [3.05, 3.63) is 70.8 Å². The van der Waals surface area contributed by atoms with Crippen LogP contribution in [-0.4, -0.2) is 59.3 Å². The lowest BCUT2D eigenvalue weighted by molar-refractivity contribution is -0.133. The number of benzene rings is 2. The van der Waals surface area contributed by atoms with Crippen molar-refractivity contribution < 1.29 is 22.0 Å². The first-order valence-electron chi connectivity index (χ1n) is 9.44. The van der Waals surface area contributed by atoms with E-state index >= 15 is 0 Å². The Bertz CT molecular complexity index is 1320. The van der Waals surface area contributed by atoms with Crippen molar-refractivity contribution in [3.8, 4) is 0 Å². The molecular formula is C20H18F2N4O4S. The fraction of sp³-hybridized carbons (Fsp3) is 0.250. The molecule has 11 heteroatoms. The first-order chi connectivity index (χ1) is 14.8. The third-order valence-electron chi connectivity index (χ3n) is 5.12. The molecule has 3 aromatic rings. The van der Waals surface area contributed by atoms with Crippen LogP contribution in [0.1, 0.15) is 0 Å². The van der Waals surface area contributed by atoms with Crippen LogP contribution in [0.25, 0.3) is 10.9 Å². The Kier molecular flexibility index (Phi) is 5.54. The van der Waals surface area contributed by atoms with Crippen LogP contribution in [-0.2, 0) is 21.4 Å². The van der Waals surface area contributed by atoms with E-state index in [0.29, 0.717) is 0 Å². The summed E-state index contributed by atoms with van der Waals surface area (Å²) in [6, 6.07) is 8.37. The van der Waals surface area contributed by atoms with Crippen LogP contribution in [0.2, 0.25) is 0 Å². The van der Waals surface area contributed by atoms with E-state index in [1.165, 1.54) is 33.7 Å². The van der Waals surface area contributed by atoms with Gasteiger partial charge in [-0.05, 0) is 30.3 Å². The summed E-state index contributed by atoms with van der Waals surface area (Å²) in [5.74, 6) is -1.53. The van der Waals surface area contributed by atoms with Gasteiger partial charge in [0, 0.05) is 32.2 Å². The Morgan fingerprint density at radius 3 is 2.42 bits per heavy atom. The molecule has 1 aromatic heterocycles. The SMILES string of the molecule is O=C(Cn1cnc2cc(F)ccc2c1=O)N1CCN(S(=O)(=O)c2cccc(F)c2)CC1. The zero-order valence-electron chi connectivity index (χ0n) is 16.2. The molecule has 0 unspecified atom stereocenters. The Morgan fingerprint density at radius 1 is 1.00 bits per heavy atom. The van der Waals surface area contributed by atoms with Crippen LogP contribution in [0.3, 0.4) is 0 Å². The number of fused-ring (bicyclic) bond motifs is 1. The second-order valence-corrected chi connectivity index (χ2v) is 9.02. The first kappa shape index (κ1) is 21.1. The molecule has 31 heavy (non-hydrogen) atoms. The van der Waals surface area contributed by atoms with Crippen LogP contribution < -0.4 is 5.56 Å². The predicted octanol–water partition coefficient (Wildman–Crippen LogP) is 1.21. The molecule has 1 aliphatic rings. The number of rotatable bonds is 4. The Labute approximate surface area is 176 Å². The molecule has 0 radical (unpaired) electrons. The van der Waals surface area contributed by atoms with Crippen molar-refractivity contribution >= 4 is 26.8 Å². The summed E-state index contributed by atoms with van der Waals surface area (Å²) in [5, 5.41) is 0.197. The van der Waals surface area contributed by atoms with Crippen molar-refractivity contribution in [2.75, 3.05) is 26.2 Å². The standard InChI is InChI=1S/C20H18F2N4O4S/c21-14-2-1-3-16(10-14)31(29,30)26-8-6-24(7-9-26)19(27)12-25-13-23-18-11-15(22)4-5-17(18)20(25)28/h1-5,10-11,13H,6-9,12H2. The largest absolute Gasteiger partial charge is 0.338 e. The molecule has 2 aromatic carbocycles. The molecule has 1 saturated heterocycles. The van der Waals surface area contributed by atoms with E-state index in [1.807, 2.05) is 0 Å². The minimum absolute atomic E-state index is 0.0503. The van der Waals surface area contributed by atoms with Gasteiger partial charge in [-0.2, -0.15) is 4.31 Å². The minimum Gasteiger partial charge on any atom is -0.338 e. The smallest absolute Gasteiger partial charge is 0.261 e. The lowest BCUT2D eigenvalue weighted by Crippen LogP contribution is -2.51. The van der Waals surface area contributed by atoms with Crippen LogP contribution >= 0.6 is 0 Å². The molecule has 162 valence electrons. The van der Waals surface area contributed by atoms with Gasteiger partial charge in [0.1, 0.15) is 18.2 Å². The molecular weight excluding hydrogens is 430 g/mol. The monoisotopic (exact) mass is 448 g/mol. The summed E-state index contributed by atoms with van der Waals surface area (Å²) in [6.07, 6.45) is 1.19. The maximum atomic E-state index is 13.4. The first-order valence-corrected chi connectivity index (χ1v) is 10.9. The quantitative estimate of drug-likeness (QED) is 0.598. The summed E-state index contributed by atoms with van der Waals surface area (Å²) in [6.45, 7) is 0.0992. The summed E-state index contributed by atoms with van der Waals surface area (Å²) >= 11 is 0. The van der Waals surface area contributed by atoms with E-state index in [-0.39, 0.29) is 54.4 Å². The number of sulfonamides is 1. The number of carbonyl (C=O) groups is 1.